The molecule has 0 radical (unpaired) electrons. The average Bonchev–Trinajstić information content (AvgIpc) is 2.44. The van der Waals surface area contributed by atoms with E-state index in [0.29, 0.717) is 6.54 Å². The minimum Gasteiger partial charge on any atom is -0.395 e. The molecule has 0 saturated carbocycles. The van der Waals surface area contributed by atoms with Crippen LogP contribution in [0.15, 0.2) is 0 Å². The van der Waals surface area contributed by atoms with Crippen LogP contribution in [-0.2, 0) is 12.1 Å². The standard InChI is InChI=1S/C12H23N3O/c1-9-11(8-13-6-7-16)10(2)15(14-9)12(3,4)5/h13,16H,6-8H2,1-5H3. The quantitative estimate of drug-likeness (QED) is 0.760. The maximum absolute atomic E-state index is 8.73. The number of aromatic nitrogens is 2. The number of aryl methyl sites for hydroxylation is 1. The second kappa shape index (κ2) is 4.97. The molecule has 1 aromatic heterocycles. The predicted molar refractivity (Wildman–Crippen MR) is 65.5 cm³/mol. The van der Waals surface area contributed by atoms with Crippen LogP contribution in [0.2, 0.25) is 0 Å². The molecule has 92 valence electrons. The first-order valence-corrected chi connectivity index (χ1v) is 5.75. The monoisotopic (exact) mass is 225 g/mol. The zero-order chi connectivity index (χ0) is 12.3. The Morgan fingerprint density at radius 2 is 1.94 bits per heavy atom. The topological polar surface area (TPSA) is 50.1 Å². The Hall–Kier alpha value is -0.870. The van der Waals surface area contributed by atoms with Crippen molar-refractivity contribution >= 4 is 0 Å². The molecule has 0 aromatic carbocycles. The van der Waals surface area contributed by atoms with E-state index in [1.165, 1.54) is 11.3 Å². The summed E-state index contributed by atoms with van der Waals surface area (Å²) in [4.78, 5) is 0. The van der Waals surface area contributed by atoms with E-state index in [2.05, 4.69) is 42.8 Å². The Kier molecular flexibility index (Phi) is 4.10. The summed E-state index contributed by atoms with van der Waals surface area (Å²) in [5.41, 5.74) is 3.53. The molecule has 0 atom stereocenters. The van der Waals surface area contributed by atoms with Gasteiger partial charge in [0.2, 0.25) is 0 Å². The minimum atomic E-state index is 0.0179. The molecule has 0 aliphatic carbocycles. The molecule has 0 aliphatic heterocycles. The van der Waals surface area contributed by atoms with E-state index in [9.17, 15) is 0 Å². The van der Waals surface area contributed by atoms with Gasteiger partial charge < -0.3 is 10.4 Å². The van der Waals surface area contributed by atoms with Crippen molar-refractivity contribution in [2.24, 2.45) is 0 Å². The van der Waals surface area contributed by atoms with Crippen LogP contribution < -0.4 is 5.32 Å². The van der Waals surface area contributed by atoms with Crippen LogP contribution in [0.4, 0.5) is 0 Å². The van der Waals surface area contributed by atoms with Crippen LogP contribution in [0.5, 0.6) is 0 Å². The number of aliphatic hydroxyl groups excluding tert-OH is 1. The lowest BCUT2D eigenvalue weighted by molar-refractivity contribution is 0.291. The van der Waals surface area contributed by atoms with Crippen LogP contribution in [0, 0.1) is 13.8 Å². The number of aliphatic hydroxyl groups is 1. The van der Waals surface area contributed by atoms with Gasteiger partial charge >= 0.3 is 0 Å². The number of nitrogens with one attached hydrogen (secondary N) is 1. The van der Waals surface area contributed by atoms with Gasteiger partial charge in [-0.25, -0.2) is 0 Å². The van der Waals surface area contributed by atoms with Crippen molar-refractivity contribution in [3.05, 3.63) is 17.0 Å². The molecule has 0 unspecified atom stereocenters. The second-order valence-electron chi connectivity index (χ2n) is 5.13. The summed E-state index contributed by atoms with van der Waals surface area (Å²) >= 11 is 0. The highest BCUT2D eigenvalue weighted by atomic mass is 16.3. The van der Waals surface area contributed by atoms with Crippen LogP contribution in [0.3, 0.4) is 0 Å². The lowest BCUT2D eigenvalue weighted by Gasteiger charge is -2.21. The molecule has 16 heavy (non-hydrogen) atoms. The normalized spacial score (nSPS) is 12.1. The van der Waals surface area contributed by atoms with Gasteiger partial charge in [0.1, 0.15) is 0 Å². The summed E-state index contributed by atoms with van der Waals surface area (Å²) < 4.78 is 2.07. The maximum atomic E-state index is 8.73. The molecule has 1 rings (SSSR count). The van der Waals surface area contributed by atoms with Crippen molar-refractivity contribution in [1.82, 2.24) is 15.1 Å². The molecule has 0 amide bonds. The van der Waals surface area contributed by atoms with Crippen molar-refractivity contribution in [1.29, 1.82) is 0 Å². The molecule has 0 fully saturated rings. The molecule has 0 spiro atoms. The van der Waals surface area contributed by atoms with Crippen molar-refractivity contribution in [2.45, 2.75) is 46.7 Å². The van der Waals surface area contributed by atoms with Crippen LogP contribution in [-0.4, -0.2) is 28.0 Å². The van der Waals surface area contributed by atoms with Gasteiger partial charge in [-0.15, -0.1) is 0 Å². The van der Waals surface area contributed by atoms with Gasteiger partial charge in [-0.05, 0) is 34.6 Å². The van der Waals surface area contributed by atoms with Gasteiger partial charge in [0.15, 0.2) is 0 Å². The number of rotatable bonds is 4. The first-order valence-electron chi connectivity index (χ1n) is 5.75. The third-order valence-electron chi connectivity index (χ3n) is 2.67. The summed E-state index contributed by atoms with van der Waals surface area (Å²) in [6, 6.07) is 0. The third kappa shape index (κ3) is 2.83. The first kappa shape index (κ1) is 13.2. The Labute approximate surface area is 97.7 Å². The highest BCUT2D eigenvalue weighted by Gasteiger charge is 2.20. The number of hydrogen-bond donors (Lipinski definition) is 2. The lowest BCUT2D eigenvalue weighted by Crippen LogP contribution is -2.25. The smallest absolute Gasteiger partial charge is 0.0641 e. The number of nitrogens with zero attached hydrogens (tertiary/aromatic N) is 2. The summed E-state index contributed by atoms with van der Waals surface area (Å²) in [6.45, 7) is 12.2. The Balaban J connectivity index is 2.90. The molecular weight excluding hydrogens is 202 g/mol. The van der Waals surface area contributed by atoms with E-state index in [4.69, 9.17) is 5.11 Å². The number of hydrogen-bond acceptors (Lipinski definition) is 3. The van der Waals surface area contributed by atoms with Gasteiger partial charge in [-0.1, -0.05) is 0 Å². The second-order valence-corrected chi connectivity index (χ2v) is 5.13. The Morgan fingerprint density at radius 1 is 1.31 bits per heavy atom. The fourth-order valence-corrected chi connectivity index (χ4v) is 1.88. The van der Waals surface area contributed by atoms with E-state index in [-0.39, 0.29) is 12.1 Å². The van der Waals surface area contributed by atoms with Gasteiger partial charge in [0.05, 0.1) is 17.8 Å². The SMILES string of the molecule is Cc1nn(C(C)(C)C)c(C)c1CNCCO. The summed E-state index contributed by atoms with van der Waals surface area (Å²) in [6.07, 6.45) is 0. The zero-order valence-electron chi connectivity index (χ0n) is 11.0. The first-order chi connectivity index (χ1) is 7.38. The molecule has 4 heteroatoms. The van der Waals surface area contributed by atoms with Crippen molar-refractivity contribution in [3.8, 4) is 0 Å². The maximum Gasteiger partial charge on any atom is 0.0641 e. The fraction of sp³-hybridized carbons (Fsp3) is 0.750. The van der Waals surface area contributed by atoms with Crippen molar-refractivity contribution in [3.63, 3.8) is 0 Å². The van der Waals surface area contributed by atoms with E-state index >= 15 is 0 Å². The molecule has 4 nitrogen and oxygen atoms in total. The van der Waals surface area contributed by atoms with Gasteiger partial charge in [0.25, 0.3) is 0 Å². The Bertz CT molecular complexity index is 350. The largest absolute Gasteiger partial charge is 0.395 e. The van der Waals surface area contributed by atoms with Gasteiger partial charge in [-0.2, -0.15) is 5.10 Å². The summed E-state index contributed by atoms with van der Waals surface area (Å²) in [5.74, 6) is 0. The van der Waals surface area contributed by atoms with Crippen LogP contribution in [0.1, 0.15) is 37.7 Å². The molecule has 0 bridgehead atoms. The highest BCUT2D eigenvalue weighted by Crippen LogP contribution is 2.20. The van der Waals surface area contributed by atoms with E-state index in [0.717, 1.165) is 12.2 Å². The molecule has 0 aliphatic rings. The average molecular weight is 225 g/mol. The Morgan fingerprint density at radius 3 is 2.38 bits per heavy atom. The minimum absolute atomic E-state index is 0.0179. The van der Waals surface area contributed by atoms with E-state index < -0.39 is 0 Å². The third-order valence-corrected chi connectivity index (χ3v) is 2.67. The van der Waals surface area contributed by atoms with Gasteiger partial charge in [-0.3, -0.25) is 4.68 Å². The lowest BCUT2D eigenvalue weighted by atomic mass is 10.1. The molecule has 2 N–H and O–H groups in total. The molecular formula is C12H23N3O. The molecule has 1 heterocycles. The van der Waals surface area contributed by atoms with Crippen molar-refractivity contribution < 1.29 is 5.11 Å². The molecule has 0 saturated heterocycles. The van der Waals surface area contributed by atoms with Crippen LogP contribution in [0.25, 0.3) is 0 Å². The molecule has 1 aromatic rings. The fourth-order valence-electron chi connectivity index (χ4n) is 1.88. The van der Waals surface area contributed by atoms with E-state index in [1.54, 1.807) is 0 Å². The highest BCUT2D eigenvalue weighted by molar-refractivity contribution is 5.25. The summed E-state index contributed by atoms with van der Waals surface area (Å²) in [5, 5.41) is 16.5. The van der Waals surface area contributed by atoms with Crippen molar-refractivity contribution in [2.75, 3.05) is 13.2 Å². The summed E-state index contributed by atoms with van der Waals surface area (Å²) in [7, 11) is 0. The van der Waals surface area contributed by atoms with Gasteiger partial charge in [0, 0.05) is 24.3 Å². The predicted octanol–water partition coefficient (Wildman–Crippen LogP) is 1.34. The van der Waals surface area contributed by atoms with Crippen LogP contribution >= 0.6 is 0 Å². The zero-order valence-corrected chi connectivity index (χ0v) is 11.0. The van der Waals surface area contributed by atoms with E-state index in [1.807, 2.05) is 6.92 Å².